The van der Waals surface area contributed by atoms with E-state index in [-0.39, 0.29) is 0 Å². The molecule has 3 saturated heterocycles. The van der Waals surface area contributed by atoms with Gasteiger partial charge in [-0.3, -0.25) is 10.1 Å². The van der Waals surface area contributed by atoms with E-state index in [1.807, 2.05) is 0 Å². The molecule has 0 aromatic carbocycles. The van der Waals surface area contributed by atoms with E-state index in [2.05, 4.69) is 0 Å². The summed E-state index contributed by atoms with van der Waals surface area (Å²) in [7, 11) is 0. The van der Waals surface area contributed by atoms with Crippen molar-refractivity contribution < 1.29 is 28.6 Å². The van der Waals surface area contributed by atoms with E-state index in [9.17, 15) is 10.1 Å². The molecule has 8 heteroatoms. The normalized spacial score (nSPS) is 42.4. The molecule has 3 heterocycles. The van der Waals surface area contributed by atoms with Crippen molar-refractivity contribution in [1.82, 2.24) is 0 Å². The Kier molecular flexibility index (Phi) is 3.34. The first-order chi connectivity index (χ1) is 9.67. The molecule has 21 heavy (non-hydrogen) atoms. The third-order valence-electron chi connectivity index (χ3n) is 3.62. The van der Waals surface area contributed by atoms with E-state index in [1.54, 1.807) is 27.7 Å². The highest BCUT2D eigenvalue weighted by molar-refractivity contribution is 5.21. The zero-order valence-electron chi connectivity index (χ0n) is 12.4. The molecule has 0 aliphatic carbocycles. The van der Waals surface area contributed by atoms with Gasteiger partial charge in [0.15, 0.2) is 17.9 Å². The molecule has 0 aromatic heterocycles. The lowest BCUT2D eigenvalue weighted by Gasteiger charge is -2.24. The number of ether oxygens (including phenoxy) is 5. The minimum absolute atomic E-state index is 0.301. The van der Waals surface area contributed by atoms with Crippen molar-refractivity contribution in [3.05, 3.63) is 21.9 Å². The van der Waals surface area contributed by atoms with Crippen LogP contribution in [0, 0.1) is 10.1 Å². The van der Waals surface area contributed by atoms with Crippen molar-refractivity contribution in [2.75, 3.05) is 6.61 Å². The summed E-state index contributed by atoms with van der Waals surface area (Å²) in [5.74, 6) is -1.56. The summed E-state index contributed by atoms with van der Waals surface area (Å²) in [5.41, 5.74) is 0.418. The zero-order valence-corrected chi connectivity index (χ0v) is 12.4. The fourth-order valence-corrected chi connectivity index (χ4v) is 2.88. The maximum absolute atomic E-state index is 10.9. The summed E-state index contributed by atoms with van der Waals surface area (Å²) in [4.78, 5) is 10.4. The van der Waals surface area contributed by atoms with Crippen LogP contribution in [0.25, 0.3) is 0 Å². The molecule has 118 valence electrons. The van der Waals surface area contributed by atoms with E-state index < -0.39 is 41.1 Å². The highest BCUT2D eigenvalue weighted by Crippen LogP contribution is 2.43. The Labute approximate surface area is 122 Å². The smallest absolute Gasteiger partial charge is 0.239 e. The standard InChI is InChI=1S/C13H19NO7/c1-12(2)17-6-8(19-12)9-7(5-14(15)16)10-11(18-9)21-13(3,4)20-10/h5,8-11H,6H2,1-4H3/b7-5+/t8-,9+,10-,11-/m1/s1. The van der Waals surface area contributed by atoms with Gasteiger partial charge in [-0.1, -0.05) is 0 Å². The Balaban J connectivity index is 1.84. The second kappa shape index (κ2) is 4.72. The van der Waals surface area contributed by atoms with Gasteiger partial charge in [0.1, 0.15) is 18.3 Å². The lowest BCUT2D eigenvalue weighted by molar-refractivity contribution is -0.404. The molecule has 3 fully saturated rings. The van der Waals surface area contributed by atoms with E-state index >= 15 is 0 Å². The summed E-state index contributed by atoms with van der Waals surface area (Å²) in [6.45, 7) is 7.36. The van der Waals surface area contributed by atoms with Crippen molar-refractivity contribution in [3.63, 3.8) is 0 Å². The van der Waals surface area contributed by atoms with Gasteiger partial charge in [0, 0.05) is 0 Å². The molecule has 0 radical (unpaired) electrons. The van der Waals surface area contributed by atoms with Gasteiger partial charge in [-0.05, 0) is 27.7 Å². The van der Waals surface area contributed by atoms with Crippen LogP contribution in [-0.4, -0.2) is 47.7 Å². The fourth-order valence-electron chi connectivity index (χ4n) is 2.88. The number of hydrogen-bond acceptors (Lipinski definition) is 7. The van der Waals surface area contributed by atoms with E-state index in [1.165, 1.54) is 0 Å². The summed E-state index contributed by atoms with van der Waals surface area (Å²) < 4.78 is 28.4. The van der Waals surface area contributed by atoms with Gasteiger partial charge in [0.2, 0.25) is 6.20 Å². The van der Waals surface area contributed by atoms with Crippen molar-refractivity contribution in [1.29, 1.82) is 0 Å². The van der Waals surface area contributed by atoms with Gasteiger partial charge < -0.3 is 23.7 Å². The van der Waals surface area contributed by atoms with Crippen molar-refractivity contribution >= 4 is 0 Å². The van der Waals surface area contributed by atoms with E-state index in [0.29, 0.717) is 12.2 Å². The van der Waals surface area contributed by atoms with Gasteiger partial charge in [-0.25, -0.2) is 0 Å². The first-order valence-corrected chi connectivity index (χ1v) is 6.85. The van der Waals surface area contributed by atoms with Crippen LogP contribution in [0.2, 0.25) is 0 Å². The molecule has 8 nitrogen and oxygen atoms in total. The van der Waals surface area contributed by atoms with Crippen LogP contribution in [0.1, 0.15) is 27.7 Å². The lowest BCUT2D eigenvalue weighted by atomic mass is 10.0. The third kappa shape index (κ3) is 2.82. The first kappa shape index (κ1) is 14.9. The number of rotatable bonds is 2. The molecule has 3 aliphatic rings. The van der Waals surface area contributed by atoms with Crippen molar-refractivity contribution in [2.24, 2.45) is 0 Å². The average Bonchev–Trinajstić information content (AvgIpc) is 2.90. The lowest BCUT2D eigenvalue weighted by Crippen LogP contribution is -2.35. The number of fused-ring (bicyclic) bond motifs is 1. The van der Waals surface area contributed by atoms with Crippen LogP contribution >= 0.6 is 0 Å². The summed E-state index contributed by atoms with van der Waals surface area (Å²) in [6, 6.07) is 0. The summed E-state index contributed by atoms with van der Waals surface area (Å²) in [5, 5.41) is 10.9. The molecule has 3 rings (SSSR count). The Morgan fingerprint density at radius 1 is 1.14 bits per heavy atom. The Bertz CT molecular complexity index is 487. The predicted octanol–water partition coefficient (Wildman–Crippen LogP) is 1.17. The van der Waals surface area contributed by atoms with Gasteiger partial charge >= 0.3 is 0 Å². The Morgan fingerprint density at radius 2 is 1.86 bits per heavy atom. The minimum Gasteiger partial charge on any atom is -0.348 e. The largest absolute Gasteiger partial charge is 0.348 e. The molecule has 4 atom stereocenters. The maximum Gasteiger partial charge on any atom is 0.239 e. The summed E-state index contributed by atoms with van der Waals surface area (Å²) in [6.07, 6.45) is -1.36. The molecule has 0 bridgehead atoms. The predicted molar refractivity (Wildman–Crippen MR) is 68.7 cm³/mol. The van der Waals surface area contributed by atoms with Crippen molar-refractivity contribution in [2.45, 2.75) is 63.9 Å². The van der Waals surface area contributed by atoms with Crippen LogP contribution < -0.4 is 0 Å². The molecule has 0 saturated carbocycles. The fraction of sp³-hybridized carbons (Fsp3) is 0.846. The molecule has 0 amide bonds. The van der Waals surface area contributed by atoms with Crippen LogP contribution in [0.4, 0.5) is 0 Å². The Morgan fingerprint density at radius 3 is 2.43 bits per heavy atom. The first-order valence-electron chi connectivity index (χ1n) is 6.85. The van der Waals surface area contributed by atoms with Gasteiger partial charge in [-0.2, -0.15) is 0 Å². The number of nitrogens with zero attached hydrogens (tertiary/aromatic N) is 1. The molecule has 0 aromatic rings. The molecule has 0 spiro atoms. The topological polar surface area (TPSA) is 89.3 Å². The molecule has 3 aliphatic heterocycles. The quantitative estimate of drug-likeness (QED) is 0.558. The highest BCUT2D eigenvalue weighted by Gasteiger charge is 2.56. The second-order valence-electron chi connectivity index (χ2n) is 6.26. The average molecular weight is 301 g/mol. The van der Waals surface area contributed by atoms with E-state index in [4.69, 9.17) is 23.7 Å². The molecular weight excluding hydrogens is 282 g/mol. The van der Waals surface area contributed by atoms with Gasteiger partial charge in [-0.15, -0.1) is 0 Å². The van der Waals surface area contributed by atoms with Gasteiger partial charge in [0.25, 0.3) is 0 Å². The highest BCUT2D eigenvalue weighted by atomic mass is 16.8. The van der Waals surface area contributed by atoms with Gasteiger partial charge in [0.05, 0.1) is 17.1 Å². The number of hydrogen-bond donors (Lipinski definition) is 0. The van der Waals surface area contributed by atoms with Crippen LogP contribution in [-0.2, 0) is 23.7 Å². The Hall–Kier alpha value is -1.06. The minimum atomic E-state index is -0.831. The van der Waals surface area contributed by atoms with Crippen LogP contribution in [0.15, 0.2) is 11.8 Å². The summed E-state index contributed by atoms with van der Waals surface area (Å²) >= 11 is 0. The monoisotopic (exact) mass is 301 g/mol. The molecule has 0 unspecified atom stereocenters. The molecule has 0 N–H and O–H groups in total. The van der Waals surface area contributed by atoms with Crippen molar-refractivity contribution in [3.8, 4) is 0 Å². The van der Waals surface area contributed by atoms with E-state index in [0.717, 1.165) is 6.20 Å². The molecular formula is C13H19NO7. The number of nitro groups is 1. The van der Waals surface area contributed by atoms with Crippen LogP contribution in [0.3, 0.4) is 0 Å². The second-order valence-corrected chi connectivity index (χ2v) is 6.26. The SMILES string of the molecule is CC1(C)O[C@H]2O[C@H]([C@H]3COC(C)(C)O3)/C(=C\[N+](=O)[O-])[C@H]2O1. The van der Waals surface area contributed by atoms with Crippen LogP contribution in [0.5, 0.6) is 0 Å². The zero-order chi connectivity index (χ0) is 15.4. The third-order valence-corrected chi connectivity index (χ3v) is 3.62. The maximum atomic E-state index is 10.9.